The number of nitrogens with zero attached hydrogens (tertiary/aromatic N) is 1. The van der Waals surface area contributed by atoms with Crippen molar-refractivity contribution in [1.82, 2.24) is 4.90 Å². The number of likely N-dealkylation sites (tertiary alicyclic amines) is 1. The van der Waals surface area contributed by atoms with Crippen molar-refractivity contribution in [2.75, 3.05) is 33.5 Å². The first kappa shape index (κ1) is 27.2. The summed E-state index contributed by atoms with van der Waals surface area (Å²) in [4.78, 5) is 27.6. The zero-order valence-corrected chi connectivity index (χ0v) is 21.1. The van der Waals surface area contributed by atoms with Crippen LogP contribution in [-0.4, -0.2) is 55.2 Å². The van der Waals surface area contributed by atoms with E-state index in [0.29, 0.717) is 43.3 Å². The van der Waals surface area contributed by atoms with Crippen LogP contribution in [0.1, 0.15) is 56.7 Å². The molecule has 7 nitrogen and oxygen atoms in total. The Labute approximate surface area is 211 Å². The topological polar surface area (TPSA) is 85.3 Å². The van der Waals surface area contributed by atoms with Gasteiger partial charge in [0.25, 0.3) is 11.7 Å². The Bertz CT molecular complexity index is 1080. The number of carbonyl (C=O) groups excluding carboxylic acids is 2. The quantitative estimate of drug-likeness (QED) is 0.175. The van der Waals surface area contributed by atoms with E-state index in [-0.39, 0.29) is 23.4 Å². The Kier molecular flexibility index (Phi) is 9.87. The molecule has 1 aliphatic rings. The number of hydrogen-bond donors (Lipinski definition) is 1. The number of aliphatic hydroxyl groups is 1. The van der Waals surface area contributed by atoms with E-state index in [4.69, 9.17) is 14.2 Å². The van der Waals surface area contributed by atoms with Gasteiger partial charge in [-0.15, -0.1) is 0 Å². The summed E-state index contributed by atoms with van der Waals surface area (Å²) in [5.41, 5.74) is 0.792. The molecule has 2 aromatic carbocycles. The summed E-state index contributed by atoms with van der Waals surface area (Å²) in [6.07, 6.45) is 3.56. The van der Waals surface area contributed by atoms with Gasteiger partial charge in [0.1, 0.15) is 11.6 Å². The van der Waals surface area contributed by atoms with Crippen molar-refractivity contribution < 1.29 is 33.3 Å². The molecule has 1 aliphatic heterocycles. The Morgan fingerprint density at radius 1 is 0.972 bits per heavy atom. The largest absolute Gasteiger partial charge is 0.507 e. The number of rotatable bonds is 13. The van der Waals surface area contributed by atoms with E-state index in [0.717, 1.165) is 19.3 Å². The fourth-order valence-corrected chi connectivity index (χ4v) is 4.22. The van der Waals surface area contributed by atoms with Crippen LogP contribution in [0.5, 0.6) is 11.5 Å². The fraction of sp³-hybridized carbons (Fsp3) is 0.429. The molecule has 1 N–H and O–H groups in total. The molecule has 1 fully saturated rings. The molecule has 1 unspecified atom stereocenters. The van der Waals surface area contributed by atoms with Gasteiger partial charge in [0.05, 0.1) is 24.8 Å². The number of hydrogen-bond acceptors (Lipinski definition) is 6. The molecule has 8 heteroatoms. The summed E-state index contributed by atoms with van der Waals surface area (Å²) in [6.45, 7) is 5.59. The number of amides is 1. The second kappa shape index (κ2) is 13.1. The van der Waals surface area contributed by atoms with E-state index in [2.05, 4.69) is 6.92 Å². The zero-order chi connectivity index (χ0) is 26.1. The molecule has 0 radical (unpaired) electrons. The molecule has 36 heavy (non-hydrogen) atoms. The molecule has 2 aromatic rings. The monoisotopic (exact) mass is 499 g/mol. The number of ketones is 1. The van der Waals surface area contributed by atoms with E-state index in [9.17, 15) is 19.1 Å². The van der Waals surface area contributed by atoms with Crippen LogP contribution in [0.3, 0.4) is 0 Å². The highest BCUT2D eigenvalue weighted by Gasteiger charge is 2.46. The van der Waals surface area contributed by atoms with Crippen molar-refractivity contribution in [2.24, 2.45) is 0 Å². The van der Waals surface area contributed by atoms with Gasteiger partial charge in [-0.25, -0.2) is 4.39 Å². The standard InChI is InChI=1S/C28H34FNO6/c1-4-6-7-17-36-22-14-11-20(18-23(22)35-5-2)25-24(26(31)19-9-12-21(29)13-10-19)27(32)28(33)30(25)15-8-16-34-3/h9-14,18,25,31H,4-8,15-17H2,1-3H3. The number of halogens is 1. The summed E-state index contributed by atoms with van der Waals surface area (Å²) in [6, 6.07) is 9.57. The van der Waals surface area contributed by atoms with Gasteiger partial charge in [0, 0.05) is 25.8 Å². The number of benzene rings is 2. The maximum atomic E-state index is 13.5. The highest BCUT2D eigenvalue weighted by Crippen LogP contribution is 2.42. The van der Waals surface area contributed by atoms with Crippen molar-refractivity contribution in [3.05, 3.63) is 65.0 Å². The fourth-order valence-electron chi connectivity index (χ4n) is 4.22. The predicted molar refractivity (Wildman–Crippen MR) is 135 cm³/mol. The normalized spacial score (nSPS) is 17.0. The lowest BCUT2D eigenvalue weighted by atomic mass is 9.95. The van der Waals surface area contributed by atoms with Gasteiger partial charge in [-0.1, -0.05) is 25.8 Å². The molecule has 194 valence electrons. The third-order valence-electron chi connectivity index (χ3n) is 5.99. The average molecular weight is 500 g/mol. The van der Waals surface area contributed by atoms with E-state index in [1.807, 2.05) is 6.92 Å². The smallest absolute Gasteiger partial charge is 0.295 e. The second-order valence-electron chi connectivity index (χ2n) is 8.54. The van der Waals surface area contributed by atoms with Crippen LogP contribution >= 0.6 is 0 Å². The number of ether oxygens (including phenoxy) is 3. The minimum atomic E-state index is -0.847. The van der Waals surface area contributed by atoms with E-state index < -0.39 is 23.5 Å². The first-order valence-corrected chi connectivity index (χ1v) is 12.4. The molecular formula is C28H34FNO6. The molecule has 0 aliphatic carbocycles. The number of methoxy groups -OCH3 is 1. The van der Waals surface area contributed by atoms with Crippen LogP contribution in [0.2, 0.25) is 0 Å². The lowest BCUT2D eigenvalue weighted by Gasteiger charge is -2.26. The lowest BCUT2D eigenvalue weighted by molar-refractivity contribution is -0.140. The zero-order valence-electron chi connectivity index (χ0n) is 21.1. The van der Waals surface area contributed by atoms with Gasteiger partial charge in [-0.05, 0) is 61.7 Å². The third-order valence-corrected chi connectivity index (χ3v) is 5.99. The first-order valence-electron chi connectivity index (χ1n) is 12.4. The number of unbranched alkanes of at least 4 members (excludes halogenated alkanes) is 2. The van der Waals surface area contributed by atoms with Crippen molar-refractivity contribution in [3.8, 4) is 11.5 Å². The van der Waals surface area contributed by atoms with Crippen LogP contribution < -0.4 is 9.47 Å². The van der Waals surface area contributed by atoms with Crippen molar-refractivity contribution >= 4 is 17.4 Å². The second-order valence-corrected chi connectivity index (χ2v) is 8.54. The molecule has 0 aromatic heterocycles. The first-order chi connectivity index (χ1) is 17.4. The predicted octanol–water partition coefficient (Wildman–Crippen LogP) is 5.25. The van der Waals surface area contributed by atoms with E-state index in [1.165, 1.54) is 29.2 Å². The summed E-state index contributed by atoms with van der Waals surface area (Å²) in [5.74, 6) is -1.26. The molecule has 0 bridgehead atoms. The Morgan fingerprint density at radius 2 is 1.72 bits per heavy atom. The maximum Gasteiger partial charge on any atom is 0.295 e. The van der Waals surface area contributed by atoms with Crippen LogP contribution in [0.25, 0.3) is 5.76 Å². The van der Waals surface area contributed by atoms with E-state index >= 15 is 0 Å². The number of carbonyl (C=O) groups is 2. The maximum absolute atomic E-state index is 13.5. The molecule has 1 atom stereocenters. The number of aliphatic hydroxyl groups excluding tert-OH is 1. The summed E-state index contributed by atoms with van der Waals surface area (Å²) in [5, 5.41) is 11.1. The lowest BCUT2D eigenvalue weighted by Crippen LogP contribution is -2.31. The van der Waals surface area contributed by atoms with Gasteiger partial charge in [-0.3, -0.25) is 9.59 Å². The van der Waals surface area contributed by atoms with E-state index in [1.54, 1.807) is 25.3 Å². The van der Waals surface area contributed by atoms with Crippen molar-refractivity contribution in [2.45, 2.75) is 45.6 Å². The van der Waals surface area contributed by atoms with Crippen LogP contribution in [0, 0.1) is 5.82 Å². The van der Waals surface area contributed by atoms with Gasteiger partial charge < -0.3 is 24.2 Å². The van der Waals surface area contributed by atoms with Gasteiger partial charge in [-0.2, -0.15) is 0 Å². The highest BCUT2D eigenvalue weighted by atomic mass is 19.1. The van der Waals surface area contributed by atoms with Gasteiger partial charge in [0.15, 0.2) is 11.5 Å². The summed E-state index contributed by atoms with van der Waals surface area (Å²) >= 11 is 0. The molecular weight excluding hydrogens is 465 g/mol. The molecule has 0 saturated carbocycles. The number of Topliss-reactive ketones (excluding diaryl/α,β-unsaturated/α-hetero) is 1. The summed E-state index contributed by atoms with van der Waals surface area (Å²) < 4.78 is 30.3. The van der Waals surface area contributed by atoms with Crippen molar-refractivity contribution in [3.63, 3.8) is 0 Å². The average Bonchev–Trinajstić information content (AvgIpc) is 3.12. The molecule has 1 amide bonds. The van der Waals surface area contributed by atoms with Gasteiger partial charge in [0.2, 0.25) is 0 Å². The Morgan fingerprint density at radius 3 is 2.39 bits per heavy atom. The van der Waals surface area contributed by atoms with Crippen LogP contribution in [0.15, 0.2) is 48.0 Å². The Balaban J connectivity index is 2.06. The minimum absolute atomic E-state index is 0.0527. The van der Waals surface area contributed by atoms with Crippen LogP contribution in [0.4, 0.5) is 4.39 Å². The molecule has 1 saturated heterocycles. The Hall–Kier alpha value is -3.39. The molecule has 0 spiro atoms. The SMILES string of the molecule is CCCCCOc1ccc(C2C(=C(O)c3ccc(F)cc3)C(=O)C(=O)N2CCCOC)cc1OCC. The van der Waals surface area contributed by atoms with Gasteiger partial charge >= 0.3 is 0 Å². The summed E-state index contributed by atoms with van der Waals surface area (Å²) in [7, 11) is 1.56. The molecule has 1 heterocycles. The third kappa shape index (κ3) is 6.23. The molecule has 3 rings (SSSR count). The minimum Gasteiger partial charge on any atom is -0.507 e. The van der Waals surface area contributed by atoms with Crippen LogP contribution in [-0.2, 0) is 14.3 Å². The highest BCUT2D eigenvalue weighted by molar-refractivity contribution is 6.46. The van der Waals surface area contributed by atoms with Crippen molar-refractivity contribution in [1.29, 1.82) is 0 Å².